The fraction of sp³-hybridized carbons (Fsp3) is 0.524. The van der Waals surface area contributed by atoms with Gasteiger partial charge in [0.05, 0.1) is 12.0 Å². The maximum absolute atomic E-state index is 11.0. The van der Waals surface area contributed by atoms with Crippen molar-refractivity contribution in [2.45, 2.75) is 58.3 Å². The zero-order valence-corrected chi connectivity index (χ0v) is 14.9. The van der Waals surface area contributed by atoms with Crippen LogP contribution < -0.4 is 4.74 Å². The summed E-state index contributed by atoms with van der Waals surface area (Å²) in [6.45, 7) is 10.4. The largest absolute Gasteiger partial charge is 0.513 e. The summed E-state index contributed by atoms with van der Waals surface area (Å²) in [5.74, 6) is 1.58. The highest BCUT2D eigenvalue weighted by Gasteiger charge is 2.57. The molecule has 24 heavy (non-hydrogen) atoms. The first-order valence-corrected chi connectivity index (χ1v) is 8.90. The van der Waals surface area contributed by atoms with Gasteiger partial charge in [0.25, 0.3) is 0 Å². The van der Waals surface area contributed by atoms with Gasteiger partial charge in [-0.25, -0.2) is 0 Å². The Morgan fingerprint density at radius 3 is 2.79 bits per heavy atom. The number of allylic oxidation sites excluding steroid dienone is 2. The Bertz CT molecular complexity index is 691. The number of aliphatic hydroxyl groups is 1. The highest BCUT2D eigenvalue weighted by atomic mass is 16.5. The summed E-state index contributed by atoms with van der Waals surface area (Å²) in [6.07, 6.45) is 7.61. The zero-order chi connectivity index (χ0) is 17.5. The molecule has 3 nitrogen and oxygen atoms in total. The van der Waals surface area contributed by atoms with Crippen molar-refractivity contribution in [3.8, 4) is 11.5 Å². The Hall–Kier alpha value is -1.90. The summed E-state index contributed by atoms with van der Waals surface area (Å²) in [5.41, 5.74) is 1.89. The van der Waals surface area contributed by atoms with E-state index in [2.05, 4.69) is 33.4 Å². The smallest absolute Gasteiger partial charge is 0.168 e. The molecule has 1 aromatic carbocycles. The van der Waals surface area contributed by atoms with Crippen molar-refractivity contribution in [3.05, 3.63) is 47.9 Å². The molecule has 0 spiro atoms. The van der Waals surface area contributed by atoms with Crippen LogP contribution in [0.4, 0.5) is 0 Å². The maximum Gasteiger partial charge on any atom is 0.168 e. The van der Waals surface area contributed by atoms with Gasteiger partial charge in [0.15, 0.2) is 11.5 Å². The molecule has 3 atom stereocenters. The first kappa shape index (κ1) is 16.9. The molecule has 0 saturated carbocycles. The lowest BCUT2D eigenvalue weighted by Crippen LogP contribution is -2.53. The Balaban J connectivity index is 2.30. The second-order valence-corrected chi connectivity index (χ2v) is 7.66. The van der Waals surface area contributed by atoms with Crippen molar-refractivity contribution in [2.24, 2.45) is 11.3 Å². The van der Waals surface area contributed by atoms with Gasteiger partial charge in [-0.1, -0.05) is 39.8 Å². The molecule has 0 saturated heterocycles. The van der Waals surface area contributed by atoms with E-state index in [-0.39, 0.29) is 16.6 Å². The number of phenols is 1. The predicted molar refractivity (Wildman–Crippen MR) is 96.4 cm³/mol. The number of hydrogen-bond donors (Lipinski definition) is 2. The van der Waals surface area contributed by atoms with Gasteiger partial charge in [0.2, 0.25) is 0 Å². The van der Waals surface area contributed by atoms with Crippen molar-refractivity contribution < 1.29 is 14.9 Å². The Kier molecular flexibility index (Phi) is 4.15. The van der Waals surface area contributed by atoms with E-state index in [1.807, 2.05) is 12.1 Å². The van der Waals surface area contributed by atoms with Gasteiger partial charge >= 0.3 is 0 Å². The second-order valence-electron chi connectivity index (χ2n) is 7.66. The highest BCUT2D eigenvalue weighted by molar-refractivity contribution is 5.57. The quantitative estimate of drug-likeness (QED) is 0.729. The minimum atomic E-state index is -0.266. The van der Waals surface area contributed by atoms with E-state index >= 15 is 0 Å². The minimum absolute atomic E-state index is 0.00647. The molecule has 3 rings (SSSR count). The maximum atomic E-state index is 11.0. The van der Waals surface area contributed by atoms with Crippen LogP contribution in [0.5, 0.6) is 11.5 Å². The summed E-state index contributed by atoms with van der Waals surface area (Å²) in [6, 6.07) is 3.89. The SMILES string of the molecule is C=COc1ccc2c(c1O)[C@@]1(CCC)CC(O)=CC[C@@]1(C)C(C)C2. The van der Waals surface area contributed by atoms with Crippen molar-refractivity contribution in [1.29, 1.82) is 0 Å². The molecular formula is C21H28O3. The molecule has 2 N–H and O–H groups in total. The number of aromatic hydroxyl groups is 1. The van der Waals surface area contributed by atoms with E-state index < -0.39 is 0 Å². The second kappa shape index (κ2) is 5.87. The van der Waals surface area contributed by atoms with E-state index in [1.54, 1.807) is 0 Å². The molecule has 0 heterocycles. The van der Waals surface area contributed by atoms with Gasteiger partial charge in [0.1, 0.15) is 0 Å². The van der Waals surface area contributed by atoms with E-state index in [4.69, 9.17) is 4.74 Å². The van der Waals surface area contributed by atoms with Crippen LogP contribution in [0.1, 0.15) is 57.6 Å². The molecule has 0 fully saturated rings. The predicted octanol–water partition coefficient (Wildman–Crippen LogP) is 5.39. The van der Waals surface area contributed by atoms with Crippen LogP contribution in [0.3, 0.4) is 0 Å². The van der Waals surface area contributed by atoms with Gasteiger partial charge in [-0.05, 0) is 48.3 Å². The first-order valence-electron chi connectivity index (χ1n) is 8.90. The number of fused-ring (bicyclic) bond motifs is 3. The molecular weight excluding hydrogens is 300 g/mol. The van der Waals surface area contributed by atoms with Crippen LogP contribution in [-0.2, 0) is 11.8 Å². The lowest BCUT2D eigenvalue weighted by molar-refractivity contribution is 0.0222. The molecule has 0 radical (unpaired) electrons. The van der Waals surface area contributed by atoms with Crippen molar-refractivity contribution in [3.63, 3.8) is 0 Å². The third kappa shape index (κ3) is 2.17. The summed E-state index contributed by atoms with van der Waals surface area (Å²) in [4.78, 5) is 0. The number of benzene rings is 1. The van der Waals surface area contributed by atoms with E-state index in [0.29, 0.717) is 23.8 Å². The van der Waals surface area contributed by atoms with Crippen LogP contribution in [-0.4, -0.2) is 10.2 Å². The van der Waals surface area contributed by atoms with Crippen LogP contribution in [0.2, 0.25) is 0 Å². The third-order valence-corrected chi connectivity index (χ3v) is 6.54. The molecule has 0 aromatic heterocycles. The average Bonchev–Trinajstić information content (AvgIpc) is 2.53. The minimum Gasteiger partial charge on any atom is -0.513 e. The van der Waals surface area contributed by atoms with Crippen LogP contribution in [0.25, 0.3) is 0 Å². The topological polar surface area (TPSA) is 49.7 Å². The summed E-state index contributed by atoms with van der Waals surface area (Å²) in [7, 11) is 0. The van der Waals surface area contributed by atoms with E-state index in [1.165, 1.54) is 11.8 Å². The van der Waals surface area contributed by atoms with Gasteiger partial charge in [-0.3, -0.25) is 0 Å². The Morgan fingerprint density at radius 2 is 2.12 bits per heavy atom. The average molecular weight is 328 g/mol. The molecule has 2 aliphatic carbocycles. The first-order chi connectivity index (χ1) is 11.4. The van der Waals surface area contributed by atoms with Crippen LogP contribution >= 0.6 is 0 Å². The van der Waals surface area contributed by atoms with Crippen LogP contribution in [0, 0.1) is 11.3 Å². The molecule has 1 unspecified atom stereocenters. The number of phenolic OH excluding ortho intramolecular Hbond substituents is 1. The van der Waals surface area contributed by atoms with Gasteiger partial charge < -0.3 is 14.9 Å². The molecule has 1 aromatic rings. The van der Waals surface area contributed by atoms with Gasteiger partial charge in [-0.2, -0.15) is 0 Å². The van der Waals surface area contributed by atoms with E-state index in [0.717, 1.165) is 31.2 Å². The van der Waals surface area contributed by atoms with Crippen molar-refractivity contribution >= 4 is 0 Å². The zero-order valence-electron chi connectivity index (χ0n) is 14.9. The van der Waals surface area contributed by atoms with Gasteiger partial charge in [-0.15, -0.1) is 0 Å². The lowest BCUT2D eigenvalue weighted by Gasteiger charge is -2.58. The fourth-order valence-electron chi connectivity index (χ4n) is 5.14. The third-order valence-electron chi connectivity index (χ3n) is 6.54. The summed E-state index contributed by atoms with van der Waals surface area (Å²) >= 11 is 0. The summed E-state index contributed by atoms with van der Waals surface area (Å²) < 4.78 is 5.43. The highest BCUT2D eigenvalue weighted by Crippen LogP contribution is 2.64. The standard InChI is InChI=1S/C21H28O3/c1-5-10-21-13-16(22)9-11-20(21,4)14(3)12-15-7-8-17(24-6-2)19(23)18(15)21/h6-9,14,22-23H,2,5,10-13H2,1,3-4H3/t14?,20-,21+/m0/s1. The molecule has 0 amide bonds. The normalized spacial score (nSPS) is 31.6. The number of rotatable bonds is 4. The Morgan fingerprint density at radius 1 is 1.38 bits per heavy atom. The molecule has 2 aliphatic rings. The molecule has 3 heteroatoms. The molecule has 130 valence electrons. The summed E-state index contributed by atoms with van der Waals surface area (Å²) in [5, 5.41) is 21.4. The van der Waals surface area contributed by atoms with E-state index in [9.17, 15) is 10.2 Å². The number of aliphatic hydroxyl groups excluding tert-OH is 1. The number of ether oxygens (including phenoxy) is 1. The monoisotopic (exact) mass is 328 g/mol. The van der Waals surface area contributed by atoms with Gasteiger partial charge in [0, 0.05) is 17.4 Å². The van der Waals surface area contributed by atoms with Crippen LogP contribution in [0.15, 0.2) is 36.8 Å². The van der Waals surface area contributed by atoms with Crippen molar-refractivity contribution in [2.75, 3.05) is 0 Å². The lowest BCUT2D eigenvalue weighted by atomic mass is 9.45. The Labute approximate surface area is 144 Å². The number of hydrogen-bond acceptors (Lipinski definition) is 3. The fourth-order valence-corrected chi connectivity index (χ4v) is 5.14. The van der Waals surface area contributed by atoms with Crippen molar-refractivity contribution in [1.82, 2.24) is 0 Å². The molecule has 0 aliphatic heterocycles. The molecule has 0 bridgehead atoms.